The summed E-state index contributed by atoms with van der Waals surface area (Å²) in [5.41, 5.74) is 0.542. The largest absolute Gasteiger partial charge is 0.390 e. The Hall–Kier alpha value is -1.22. The zero-order valence-corrected chi connectivity index (χ0v) is 13.1. The maximum absolute atomic E-state index is 12.4. The van der Waals surface area contributed by atoms with Gasteiger partial charge in [-0.05, 0) is 32.9 Å². The van der Waals surface area contributed by atoms with Crippen LogP contribution in [0.1, 0.15) is 34.1 Å². The van der Waals surface area contributed by atoms with Crippen LogP contribution in [-0.4, -0.2) is 23.7 Å². The average molecular weight is 315 g/mol. The van der Waals surface area contributed by atoms with Crippen LogP contribution in [0.25, 0.3) is 0 Å². The Morgan fingerprint density at radius 2 is 2.15 bits per heavy atom. The first-order valence-electron chi connectivity index (χ1n) is 6.08. The van der Waals surface area contributed by atoms with Crippen molar-refractivity contribution in [2.24, 2.45) is 0 Å². The molecular formula is C12H17N3O3S2. The van der Waals surface area contributed by atoms with Gasteiger partial charge in [0.2, 0.25) is 10.0 Å². The normalized spacial score (nSPS) is 13.6. The minimum absolute atomic E-state index is 0.0279. The van der Waals surface area contributed by atoms with Gasteiger partial charge in [-0.15, -0.1) is 11.3 Å². The summed E-state index contributed by atoms with van der Waals surface area (Å²) in [5, 5.41) is 15.6. The number of hydrogen-bond donors (Lipinski definition) is 3. The molecule has 0 saturated heterocycles. The van der Waals surface area contributed by atoms with Crippen LogP contribution in [-0.2, 0) is 16.6 Å². The predicted molar refractivity (Wildman–Crippen MR) is 77.0 cm³/mol. The molecule has 110 valence electrons. The second-order valence-corrected chi connectivity index (χ2v) is 7.54. The van der Waals surface area contributed by atoms with E-state index in [-0.39, 0.29) is 16.6 Å². The quantitative estimate of drug-likeness (QED) is 0.781. The van der Waals surface area contributed by atoms with Gasteiger partial charge in [-0.2, -0.15) is 5.10 Å². The highest BCUT2D eigenvalue weighted by Gasteiger charge is 2.26. The molecule has 2 aromatic rings. The van der Waals surface area contributed by atoms with Crippen molar-refractivity contribution in [3.05, 3.63) is 33.3 Å². The smallest absolute Gasteiger partial charge is 0.244 e. The number of hydrogen-bond acceptors (Lipinski definition) is 5. The SMILES string of the molecule is Cc1ccc(C(C)NS(=O)(=O)c2c(CO)n[nH]c2C)s1. The van der Waals surface area contributed by atoms with Crippen molar-refractivity contribution in [1.82, 2.24) is 14.9 Å². The number of sulfonamides is 1. The van der Waals surface area contributed by atoms with Gasteiger partial charge in [0, 0.05) is 9.75 Å². The highest BCUT2D eigenvalue weighted by Crippen LogP contribution is 2.25. The lowest BCUT2D eigenvalue weighted by Crippen LogP contribution is -2.27. The van der Waals surface area contributed by atoms with Gasteiger partial charge in [0.25, 0.3) is 0 Å². The maximum Gasteiger partial charge on any atom is 0.244 e. The van der Waals surface area contributed by atoms with Crippen molar-refractivity contribution in [3.8, 4) is 0 Å². The van der Waals surface area contributed by atoms with Crippen LogP contribution in [0.4, 0.5) is 0 Å². The fraction of sp³-hybridized carbons (Fsp3) is 0.417. The summed E-state index contributed by atoms with van der Waals surface area (Å²) in [6.45, 7) is 4.95. The Kier molecular flexibility index (Phi) is 4.28. The summed E-state index contributed by atoms with van der Waals surface area (Å²) in [5.74, 6) is 0. The Morgan fingerprint density at radius 3 is 2.70 bits per heavy atom. The van der Waals surface area contributed by atoms with Crippen molar-refractivity contribution in [2.45, 2.75) is 38.3 Å². The van der Waals surface area contributed by atoms with Crippen molar-refractivity contribution in [2.75, 3.05) is 0 Å². The number of H-pyrrole nitrogens is 1. The van der Waals surface area contributed by atoms with Crippen LogP contribution in [0.3, 0.4) is 0 Å². The van der Waals surface area contributed by atoms with Gasteiger partial charge in [-0.3, -0.25) is 5.10 Å². The summed E-state index contributed by atoms with van der Waals surface area (Å²) < 4.78 is 27.4. The Balaban J connectivity index is 2.29. The number of aliphatic hydroxyl groups is 1. The molecule has 0 aliphatic heterocycles. The van der Waals surface area contributed by atoms with E-state index in [4.69, 9.17) is 0 Å². The number of nitrogens with one attached hydrogen (secondary N) is 2. The molecule has 1 atom stereocenters. The van der Waals surface area contributed by atoms with E-state index >= 15 is 0 Å². The van der Waals surface area contributed by atoms with Crippen molar-refractivity contribution >= 4 is 21.4 Å². The van der Waals surface area contributed by atoms with Crippen LogP contribution in [0, 0.1) is 13.8 Å². The fourth-order valence-corrected chi connectivity index (χ4v) is 4.50. The summed E-state index contributed by atoms with van der Waals surface area (Å²) in [6, 6.07) is 3.52. The monoisotopic (exact) mass is 315 g/mol. The number of aromatic amines is 1. The number of nitrogens with zero attached hydrogens (tertiary/aromatic N) is 1. The highest BCUT2D eigenvalue weighted by molar-refractivity contribution is 7.89. The first-order chi connectivity index (χ1) is 9.35. The Bertz CT molecular complexity index is 703. The zero-order valence-electron chi connectivity index (χ0n) is 11.5. The van der Waals surface area contributed by atoms with E-state index in [0.29, 0.717) is 5.69 Å². The second-order valence-electron chi connectivity index (χ2n) is 4.57. The molecule has 8 heteroatoms. The first-order valence-corrected chi connectivity index (χ1v) is 8.38. The number of aliphatic hydroxyl groups excluding tert-OH is 1. The molecule has 0 aromatic carbocycles. The standard InChI is InChI=1S/C12H17N3O3S2/c1-7-4-5-11(19-7)8(2)15-20(17,18)12-9(3)13-14-10(12)6-16/h4-5,8,15-16H,6H2,1-3H3,(H,13,14). The third kappa shape index (κ3) is 2.93. The van der Waals surface area contributed by atoms with Crippen molar-refractivity contribution in [3.63, 3.8) is 0 Å². The van der Waals surface area contributed by atoms with E-state index < -0.39 is 16.6 Å². The van der Waals surface area contributed by atoms with Crippen LogP contribution in [0.5, 0.6) is 0 Å². The molecule has 3 N–H and O–H groups in total. The number of aromatic nitrogens is 2. The fourth-order valence-electron chi connectivity index (χ4n) is 1.97. The third-order valence-electron chi connectivity index (χ3n) is 2.90. The van der Waals surface area contributed by atoms with Crippen molar-refractivity contribution < 1.29 is 13.5 Å². The van der Waals surface area contributed by atoms with E-state index in [1.165, 1.54) is 0 Å². The molecule has 2 aromatic heterocycles. The molecule has 2 heterocycles. The molecule has 2 rings (SSSR count). The molecule has 1 unspecified atom stereocenters. The lowest BCUT2D eigenvalue weighted by molar-refractivity contribution is 0.273. The van der Waals surface area contributed by atoms with E-state index in [9.17, 15) is 13.5 Å². The van der Waals surface area contributed by atoms with E-state index in [1.807, 2.05) is 19.1 Å². The number of thiophene rings is 1. The average Bonchev–Trinajstić information content (AvgIpc) is 2.94. The molecule has 0 saturated carbocycles. The van der Waals surface area contributed by atoms with Crippen molar-refractivity contribution in [1.29, 1.82) is 0 Å². The van der Waals surface area contributed by atoms with Gasteiger partial charge in [0.1, 0.15) is 10.6 Å². The molecular weight excluding hydrogens is 298 g/mol. The minimum atomic E-state index is -3.73. The lowest BCUT2D eigenvalue weighted by Gasteiger charge is -2.13. The van der Waals surface area contributed by atoms with Gasteiger partial charge >= 0.3 is 0 Å². The molecule has 0 spiro atoms. The molecule has 0 fully saturated rings. The molecule has 0 amide bonds. The van der Waals surface area contributed by atoms with Gasteiger partial charge in [-0.1, -0.05) is 0 Å². The molecule has 20 heavy (non-hydrogen) atoms. The van der Waals surface area contributed by atoms with E-state index in [1.54, 1.807) is 25.2 Å². The summed E-state index contributed by atoms with van der Waals surface area (Å²) in [7, 11) is -3.73. The molecule has 0 aliphatic rings. The van der Waals surface area contributed by atoms with Gasteiger partial charge in [0.05, 0.1) is 18.3 Å². The van der Waals surface area contributed by atoms with Gasteiger partial charge < -0.3 is 5.11 Å². The van der Waals surface area contributed by atoms with E-state index in [0.717, 1.165) is 9.75 Å². The van der Waals surface area contributed by atoms with Crippen LogP contribution in [0.2, 0.25) is 0 Å². The predicted octanol–water partition coefficient (Wildman–Crippen LogP) is 1.62. The lowest BCUT2D eigenvalue weighted by atomic mass is 10.3. The Labute approximate surface area is 121 Å². The topological polar surface area (TPSA) is 95.1 Å². The molecule has 0 aliphatic carbocycles. The second kappa shape index (κ2) is 5.65. The van der Waals surface area contributed by atoms with Gasteiger partial charge in [-0.25, -0.2) is 13.1 Å². The maximum atomic E-state index is 12.4. The van der Waals surface area contributed by atoms with Crippen LogP contribution >= 0.6 is 11.3 Å². The van der Waals surface area contributed by atoms with Crippen LogP contribution in [0.15, 0.2) is 17.0 Å². The van der Waals surface area contributed by atoms with Crippen LogP contribution < -0.4 is 4.72 Å². The number of aryl methyl sites for hydroxylation is 2. The van der Waals surface area contributed by atoms with E-state index in [2.05, 4.69) is 14.9 Å². The summed E-state index contributed by atoms with van der Waals surface area (Å²) >= 11 is 1.55. The van der Waals surface area contributed by atoms with Gasteiger partial charge in [0.15, 0.2) is 0 Å². The minimum Gasteiger partial charge on any atom is -0.390 e. The molecule has 6 nitrogen and oxygen atoms in total. The first kappa shape index (κ1) is 15.2. The third-order valence-corrected chi connectivity index (χ3v) is 5.83. The number of rotatable bonds is 5. The zero-order chi connectivity index (χ0) is 14.9. The molecule has 0 radical (unpaired) electrons. The summed E-state index contributed by atoms with van der Waals surface area (Å²) in [6.07, 6.45) is 0. The Morgan fingerprint density at radius 1 is 1.45 bits per heavy atom. The highest BCUT2D eigenvalue weighted by atomic mass is 32.2. The molecule has 0 bridgehead atoms. The summed E-state index contributed by atoms with van der Waals surface area (Å²) in [4.78, 5) is 2.10.